The van der Waals surface area contributed by atoms with Crippen molar-refractivity contribution in [2.75, 3.05) is 31.1 Å². The second kappa shape index (κ2) is 10.1. The molecule has 2 aromatic rings. The average molecular weight is 440 g/mol. The molecule has 1 atom stereocenters. The number of hydrogen-bond donors (Lipinski definition) is 0. The van der Waals surface area contributed by atoms with Gasteiger partial charge in [0.15, 0.2) is 0 Å². The van der Waals surface area contributed by atoms with Crippen molar-refractivity contribution in [1.29, 1.82) is 0 Å². The van der Waals surface area contributed by atoms with Crippen LogP contribution in [0.2, 0.25) is 0 Å². The molecule has 1 aliphatic heterocycles. The van der Waals surface area contributed by atoms with E-state index in [1.54, 1.807) is 12.1 Å². The van der Waals surface area contributed by atoms with Crippen molar-refractivity contribution in [1.82, 2.24) is 14.9 Å². The first-order valence-corrected chi connectivity index (χ1v) is 11.4. The zero-order valence-corrected chi connectivity index (χ0v) is 19.7. The Morgan fingerprint density at radius 3 is 2.25 bits per heavy atom. The van der Waals surface area contributed by atoms with E-state index in [0.29, 0.717) is 19.5 Å². The van der Waals surface area contributed by atoms with Gasteiger partial charge in [-0.05, 0) is 18.9 Å². The minimum absolute atomic E-state index is 0.00227. The summed E-state index contributed by atoms with van der Waals surface area (Å²) >= 11 is 0. The maximum atomic E-state index is 12.4. The summed E-state index contributed by atoms with van der Waals surface area (Å²) in [6.45, 7) is 12.9. The Morgan fingerprint density at radius 2 is 1.72 bits per heavy atom. The molecule has 3 rings (SSSR count). The van der Waals surface area contributed by atoms with Crippen LogP contribution < -0.4 is 4.90 Å². The van der Waals surface area contributed by atoms with E-state index in [1.807, 2.05) is 25.7 Å². The second-order valence-electron chi connectivity index (χ2n) is 8.85. The summed E-state index contributed by atoms with van der Waals surface area (Å²) in [7, 11) is 0. The summed E-state index contributed by atoms with van der Waals surface area (Å²) in [5.74, 6) is 2.20. The molecule has 0 N–H and O–H groups in total. The van der Waals surface area contributed by atoms with Gasteiger partial charge in [0.05, 0.1) is 4.92 Å². The smallest absolute Gasteiger partial charge is 0.269 e. The van der Waals surface area contributed by atoms with Crippen molar-refractivity contribution < 1.29 is 9.72 Å². The standard InChI is InChI=1S/C24H33N5O3/c1-6-17(4)22-25-18(5)21(15-19-7-9-20(10-8-19)29(31)32)23(26-22)27-11-13-28(14-12-27)24(30)16(2)3/h7-10,16-17H,6,11-15H2,1-5H3. The number of hydrogen-bond acceptors (Lipinski definition) is 6. The molecule has 1 fully saturated rings. The van der Waals surface area contributed by atoms with Gasteiger partial charge in [-0.2, -0.15) is 0 Å². The highest BCUT2D eigenvalue weighted by Crippen LogP contribution is 2.28. The number of benzene rings is 1. The summed E-state index contributed by atoms with van der Waals surface area (Å²) in [5.41, 5.74) is 3.03. The van der Waals surface area contributed by atoms with Crippen LogP contribution in [0.15, 0.2) is 24.3 Å². The number of anilines is 1. The highest BCUT2D eigenvalue weighted by Gasteiger charge is 2.26. The summed E-state index contributed by atoms with van der Waals surface area (Å²) in [6, 6.07) is 6.66. The third-order valence-electron chi connectivity index (χ3n) is 6.18. The minimum atomic E-state index is -0.386. The third-order valence-corrected chi connectivity index (χ3v) is 6.18. The van der Waals surface area contributed by atoms with E-state index in [9.17, 15) is 14.9 Å². The molecule has 0 bridgehead atoms. The number of aromatic nitrogens is 2. The van der Waals surface area contributed by atoms with Crippen molar-refractivity contribution in [2.45, 2.75) is 53.4 Å². The lowest BCUT2D eigenvalue weighted by Gasteiger charge is -2.37. The van der Waals surface area contributed by atoms with Gasteiger partial charge in [0.2, 0.25) is 5.91 Å². The molecule has 1 aromatic carbocycles. The van der Waals surface area contributed by atoms with Crippen LogP contribution in [-0.4, -0.2) is 51.9 Å². The van der Waals surface area contributed by atoms with Gasteiger partial charge in [0.1, 0.15) is 11.6 Å². The van der Waals surface area contributed by atoms with E-state index in [2.05, 4.69) is 18.7 Å². The Kier molecular flexibility index (Phi) is 7.43. The van der Waals surface area contributed by atoms with Crippen LogP contribution in [0.3, 0.4) is 0 Å². The zero-order chi connectivity index (χ0) is 23.4. The topological polar surface area (TPSA) is 92.5 Å². The number of piperazine rings is 1. The summed E-state index contributed by atoms with van der Waals surface area (Å²) in [4.78, 5) is 37.0. The number of amides is 1. The Morgan fingerprint density at radius 1 is 1.09 bits per heavy atom. The fraction of sp³-hybridized carbons (Fsp3) is 0.542. The van der Waals surface area contributed by atoms with Crippen molar-refractivity contribution in [3.63, 3.8) is 0 Å². The normalized spacial score (nSPS) is 15.2. The summed E-state index contributed by atoms with van der Waals surface area (Å²) in [6.07, 6.45) is 1.56. The molecule has 2 heterocycles. The number of nitro groups is 1. The van der Waals surface area contributed by atoms with Crippen LogP contribution in [0.4, 0.5) is 11.5 Å². The van der Waals surface area contributed by atoms with Crippen LogP contribution in [0.25, 0.3) is 0 Å². The van der Waals surface area contributed by atoms with Crippen molar-refractivity contribution >= 4 is 17.4 Å². The molecule has 1 unspecified atom stereocenters. The molecule has 1 saturated heterocycles. The number of nitro benzene ring substituents is 1. The van der Waals surface area contributed by atoms with Crippen LogP contribution in [0.1, 0.15) is 62.7 Å². The number of nitrogens with zero attached hydrogens (tertiary/aromatic N) is 5. The molecule has 1 aliphatic rings. The van der Waals surface area contributed by atoms with Crippen molar-refractivity contribution in [2.24, 2.45) is 5.92 Å². The van der Waals surface area contributed by atoms with Crippen molar-refractivity contribution in [3.8, 4) is 0 Å². The number of carbonyl (C=O) groups excluding carboxylic acids is 1. The Labute approximate surface area is 189 Å². The van der Waals surface area contributed by atoms with Gasteiger partial charge < -0.3 is 9.80 Å². The minimum Gasteiger partial charge on any atom is -0.353 e. The second-order valence-corrected chi connectivity index (χ2v) is 8.85. The quantitative estimate of drug-likeness (QED) is 0.476. The third kappa shape index (κ3) is 5.23. The molecular formula is C24H33N5O3. The van der Waals surface area contributed by atoms with E-state index in [-0.39, 0.29) is 28.4 Å². The molecule has 1 aromatic heterocycles. The SMILES string of the molecule is CCC(C)c1nc(C)c(Cc2ccc([N+](=O)[O-])cc2)c(N2CCN(C(=O)C(C)C)CC2)n1. The maximum absolute atomic E-state index is 12.4. The number of carbonyl (C=O) groups is 1. The molecule has 8 heteroatoms. The van der Waals surface area contributed by atoms with E-state index >= 15 is 0 Å². The number of aryl methyl sites for hydroxylation is 1. The molecule has 0 saturated carbocycles. The van der Waals surface area contributed by atoms with Gasteiger partial charge in [-0.15, -0.1) is 0 Å². The van der Waals surface area contributed by atoms with Gasteiger partial charge in [0, 0.05) is 67.8 Å². The Balaban J connectivity index is 1.91. The maximum Gasteiger partial charge on any atom is 0.269 e. The predicted molar refractivity (Wildman–Crippen MR) is 125 cm³/mol. The van der Waals surface area contributed by atoms with E-state index in [4.69, 9.17) is 9.97 Å². The highest BCUT2D eigenvalue weighted by atomic mass is 16.6. The number of rotatable bonds is 7. The van der Waals surface area contributed by atoms with Gasteiger partial charge in [-0.25, -0.2) is 9.97 Å². The van der Waals surface area contributed by atoms with Crippen LogP contribution in [-0.2, 0) is 11.2 Å². The highest BCUT2D eigenvalue weighted by molar-refractivity contribution is 5.78. The molecule has 8 nitrogen and oxygen atoms in total. The van der Waals surface area contributed by atoms with Crippen molar-refractivity contribution in [3.05, 3.63) is 57.0 Å². The molecule has 1 amide bonds. The molecule has 32 heavy (non-hydrogen) atoms. The van der Waals surface area contributed by atoms with Crippen LogP contribution >= 0.6 is 0 Å². The first-order chi connectivity index (χ1) is 15.2. The van der Waals surface area contributed by atoms with E-state index < -0.39 is 0 Å². The molecular weight excluding hydrogens is 406 g/mol. The largest absolute Gasteiger partial charge is 0.353 e. The van der Waals surface area contributed by atoms with Gasteiger partial charge >= 0.3 is 0 Å². The van der Waals surface area contributed by atoms with Crippen LogP contribution in [0, 0.1) is 23.0 Å². The van der Waals surface area contributed by atoms with E-state index in [0.717, 1.165) is 48.0 Å². The predicted octanol–water partition coefficient (Wildman–Crippen LogP) is 4.10. The zero-order valence-electron chi connectivity index (χ0n) is 19.7. The Bertz CT molecular complexity index is 966. The van der Waals surface area contributed by atoms with Gasteiger partial charge in [-0.3, -0.25) is 14.9 Å². The molecule has 0 aliphatic carbocycles. The van der Waals surface area contributed by atoms with Gasteiger partial charge in [-0.1, -0.05) is 39.8 Å². The first kappa shape index (κ1) is 23.6. The van der Waals surface area contributed by atoms with Crippen LogP contribution in [0.5, 0.6) is 0 Å². The van der Waals surface area contributed by atoms with Gasteiger partial charge in [0.25, 0.3) is 5.69 Å². The monoisotopic (exact) mass is 439 g/mol. The first-order valence-electron chi connectivity index (χ1n) is 11.4. The molecule has 0 radical (unpaired) electrons. The fourth-order valence-electron chi connectivity index (χ4n) is 3.92. The Hall–Kier alpha value is -3.03. The summed E-state index contributed by atoms with van der Waals surface area (Å²) < 4.78 is 0. The summed E-state index contributed by atoms with van der Waals surface area (Å²) in [5, 5.41) is 11.0. The lowest BCUT2D eigenvalue weighted by Crippen LogP contribution is -2.50. The fourth-order valence-corrected chi connectivity index (χ4v) is 3.92. The van der Waals surface area contributed by atoms with E-state index in [1.165, 1.54) is 12.1 Å². The average Bonchev–Trinajstić information content (AvgIpc) is 2.79. The number of non-ortho nitro benzene ring substituents is 1. The molecule has 172 valence electrons. The lowest BCUT2D eigenvalue weighted by atomic mass is 10.0. The lowest BCUT2D eigenvalue weighted by molar-refractivity contribution is -0.384. The molecule has 0 spiro atoms.